The van der Waals surface area contributed by atoms with Crippen LogP contribution < -0.4 is 5.32 Å². The van der Waals surface area contributed by atoms with Gasteiger partial charge in [-0.15, -0.1) is 0 Å². The van der Waals surface area contributed by atoms with Crippen molar-refractivity contribution >= 4 is 11.6 Å². The Bertz CT molecular complexity index is 788. The molecule has 2 aromatic rings. The van der Waals surface area contributed by atoms with Gasteiger partial charge in [0.2, 0.25) is 5.91 Å². The molecule has 5 heteroatoms. The largest absolute Gasteiger partial charge is 0.340 e. The first-order chi connectivity index (χ1) is 12.1. The molecule has 1 N–H and O–H groups in total. The van der Waals surface area contributed by atoms with Crippen LogP contribution >= 0.6 is 0 Å². The Balaban J connectivity index is 1.63. The van der Waals surface area contributed by atoms with E-state index in [-0.39, 0.29) is 11.8 Å². The highest BCUT2D eigenvalue weighted by Gasteiger charge is 2.26. The van der Waals surface area contributed by atoms with Gasteiger partial charge in [0.05, 0.1) is 5.92 Å². The number of carbonyl (C=O) groups is 1. The third kappa shape index (κ3) is 3.92. The van der Waals surface area contributed by atoms with E-state index in [2.05, 4.69) is 16.3 Å². The van der Waals surface area contributed by atoms with Crippen molar-refractivity contribution in [2.45, 2.75) is 26.3 Å². The summed E-state index contributed by atoms with van der Waals surface area (Å²) in [7, 11) is 1.92. The maximum absolute atomic E-state index is 12.6. The van der Waals surface area contributed by atoms with Gasteiger partial charge in [0.1, 0.15) is 11.8 Å². The Kier molecular flexibility index (Phi) is 5.20. The second kappa shape index (κ2) is 7.54. The van der Waals surface area contributed by atoms with Crippen molar-refractivity contribution in [2.75, 3.05) is 18.4 Å². The first-order valence-corrected chi connectivity index (χ1v) is 8.72. The number of aromatic nitrogens is 1. The molecular formula is C20H24N4O. The summed E-state index contributed by atoms with van der Waals surface area (Å²) in [6.07, 6.45) is 1.94. The van der Waals surface area contributed by atoms with Gasteiger partial charge in [0.15, 0.2) is 0 Å². The van der Waals surface area contributed by atoms with E-state index in [0.717, 1.165) is 43.9 Å². The summed E-state index contributed by atoms with van der Waals surface area (Å²) in [6, 6.07) is 13.8. The molecule has 0 saturated carbocycles. The van der Waals surface area contributed by atoms with E-state index in [0.29, 0.717) is 5.69 Å². The van der Waals surface area contributed by atoms with Crippen LogP contribution in [0, 0.1) is 24.2 Å². The number of carbonyl (C=O) groups excluding carboxylic acids is 1. The van der Waals surface area contributed by atoms with E-state index in [1.165, 1.54) is 5.56 Å². The van der Waals surface area contributed by atoms with Crippen LogP contribution in [-0.4, -0.2) is 28.5 Å². The van der Waals surface area contributed by atoms with Crippen LogP contribution in [0.1, 0.15) is 29.8 Å². The van der Waals surface area contributed by atoms with Gasteiger partial charge >= 0.3 is 0 Å². The summed E-state index contributed by atoms with van der Waals surface area (Å²) in [6.45, 7) is 4.58. The van der Waals surface area contributed by atoms with Gasteiger partial charge in [-0.05, 0) is 50.1 Å². The van der Waals surface area contributed by atoms with Gasteiger partial charge in [-0.3, -0.25) is 9.69 Å². The molecule has 25 heavy (non-hydrogen) atoms. The predicted octanol–water partition coefficient (Wildman–Crippen LogP) is 3.06. The fourth-order valence-corrected chi connectivity index (χ4v) is 3.45. The maximum Gasteiger partial charge on any atom is 0.228 e. The van der Waals surface area contributed by atoms with Gasteiger partial charge in [-0.1, -0.05) is 18.2 Å². The van der Waals surface area contributed by atoms with E-state index in [1.54, 1.807) is 0 Å². The van der Waals surface area contributed by atoms with Gasteiger partial charge in [0.25, 0.3) is 0 Å². The van der Waals surface area contributed by atoms with Crippen molar-refractivity contribution in [3.8, 4) is 6.07 Å². The molecule has 1 aromatic heterocycles. The number of para-hydroxylation sites is 1. The first-order valence-electron chi connectivity index (χ1n) is 8.72. The SMILES string of the molecule is Cc1c(CN2CCC[C@H](C(=O)Nc3ccccc3)C2)cc(C#N)n1C. The molecule has 0 spiro atoms. The van der Waals surface area contributed by atoms with Crippen molar-refractivity contribution in [1.82, 2.24) is 9.47 Å². The lowest BCUT2D eigenvalue weighted by Crippen LogP contribution is -2.40. The van der Waals surface area contributed by atoms with Gasteiger partial charge in [-0.2, -0.15) is 5.26 Å². The van der Waals surface area contributed by atoms with E-state index in [4.69, 9.17) is 0 Å². The molecule has 1 saturated heterocycles. The smallest absolute Gasteiger partial charge is 0.228 e. The molecule has 130 valence electrons. The molecule has 5 nitrogen and oxygen atoms in total. The lowest BCUT2D eigenvalue weighted by Gasteiger charge is -2.32. The first kappa shape index (κ1) is 17.2. The molecule has 1 aliphatic heterocycles. The van der Waals surface area contributed by atoms with Gasteiger partial charge in [-0.25, -0.2) is 0 Å². The predicted molar refractivity (Wildman–Crippen MR) is 97.9 cm³/mol. The van der Waals surface area contributed by atoms with Crippen LogP contribution in [0.2, 0.25) is 0 Å². The Labute approximate surface area is 148 Å². The van der Waals surface area contributed by atoms with E-state index >= 15 is 0 Å². The number of benzene rings is 1. The summed E-state index contributed by atoms with van der Waals surface area (Å²) in [5.74, 6) is 0.104. The Hall–Kier alpha value is -2.58. The summed E-state index contributed by atoms with van der Waals surface area (Å²) >= 11 is 0. The number of piperidine rings is 1. The number of nitriles is 1. The van der Waals surface area contributed by atoms with Gasteiger partial charge < -0.3 is 9.88 Å². The van der Waals surface area contributed by atoms with Crippen molar-refractivity contribution in [1.29, 1.82) is 5.26 Å². The molecule has 1 aliphatic rings. The minimum absolute atomic E-state index is 0.00779. The molecular weight excluding hydrogens is 312 g/mol. The monoisotopic (exact) mass is 336 g/mol. The third-order valence-corrected chi connectivity index (χ3v) is 5.07. The Morgan fingerprint density at radius 2 is 2.12 bits per heavy atom. The van der Waals surface area contributed by atoms with Crippen molar-refractivity contribution < 1.29 is 4.79 Å². The highest BCUT2D eigenvalue weighted by Crippen LogP contribution is 2.22. The number of hydrogen-bond donors (Lipinski definition) is 1. The number of hydrogen-bond acceptors (Lipinski definition) is 3. The zero-order valence-corrected chi connectivity index (χ0v) is 14.8. The van der Waals surface area contributed by atoms with Crippen molar-refractivity contribution in [3.63, 3.8) is 0 Å². The summed E-state index contributed by atoms with van der Waals surface area (Å²) in [5, 5.41) is 12.2. The lowest BCUT2D eigenvalue weighted by molar-refractivity contribution is -0.121. The zero-order valence-electron chi connectivity index (χ0n) is 14.8. The standard InChI is InChI=1S/C20H24N4O/c1-15-17(11-19(12-21)23(15)2)14-24-10-6-7-16(13-24)20(25)22-18-8-4-3-5-9-18/h3-5,8-9,11,16H,6-7,10,13-14H2,1-2H3,(H,22,25)/t16-/m0/s1. The topological polar surface area (TPSA) is 61.1 Å². The van der Waals surface area contributed by atoms with Gasteiger partial charge in [0, 0.05) is 31.5 Å². The molecule has 1 fully saturated rings. The molecule has 0 radical (unpaired) electrons. The zero-order chi connectivity index (χ0) is 17.8. The molecule has 0 aliphatic carbocycles. The van der Waals surface area contributed by atoms with Crippen LogP contribution in [0.4, 0.5) is 5.69 Å². The van der Waals surface area contributed by atoms with Crippen LogP contribution in [0.5, 0.6) is 0 Å². The number of nitrogens with zero attached hydrogens (tertiary/aromatic N) is 3. The second-order valence-corrected chi connectivity index (χ2v) is 6.74. The lowest BCUT2D eigenvalue weighted by atomic mass is 9.96. The molecule has 0 bridgehead atoms. The number of amides is 1. The third-order valence-electron chi connectivity index (χ3n) is 5.07. The summed E-state index contributed by atoms with van der Waals surface area (Å²) in [4.78, 5) is 14.9. The van der Waals surface area contributed by atoms with E-state index in [9.17, 15) is 10.1 Å². The van der Waals surface area contributed by atoms with Crippen LogP contribution in [0.3, 0.4) is 0 Å². The number of rotatable bonds is 4. The Morgan fingerprint density at radius 1 is 1.36 bits per heavy atom. The minimum Gasteiger partial charge on any atom is -0.340 e. The molecule has 1 aromatic carbocycles. The molecule has 2 heterocycles. The summed E-state index contributed by atoms with van der Waals surface area (Å²) < 4.78 is 1.93. The van der Waals surface area contributed by atoms with Crippen molar-refractivity contribution in [3.05, 3.63) is 53.3 Å². The quantitative estimate of drug-likeness (QED) is 0.933. The van der Waals surface area contributed by atoms with E-state index in [1.807, 2.05) is 54.9 Å². The fourth-order valence-electron chi connectivity index (χ4n) is 3.45. The molecule has 3 rings (SSSR count). The van der Waals surface area contributed by atoms with Crippen molar-refractivity contribution in [2.24, 2.45) is 13.0 Å². The maximum atomic E-state index is 12.6. The normalized spacial score (nSPS) is 17.9. The van der Waals surface area contributed by atoms with Crippen LogP contribution in [0.15, 0.2) is 36.4 Å². The number of likely N-dealkylation sites (tertiary alicyclic amines) is 1. The molecule has 1 atom stereocenters. The number of anilines is 1. The second-order valence-electron chi connectivity index (χ2n) is 6.74. The average molecular weight is 336 g/mol. The number of nitrogens with one attached hydrogen (secondary N) is 1. The van der Waals surface area contributed by atoms with Crippen LogP contribution in [0.25, 0.3) is 0 Å². The van der Waals surface area contributed by atoms with Crippen LogP contribution in [-0.2, 0) is 18.4 Å². The highest BCUT2D eigenvalue weighted by molar-refractivity contribution is 5.92. The highest BCUT2D eigenvalue weighted by atomic mass is 16.1. The Morgan fingerprint density at radius 3 is 2.80 bits per heavy atom. The minimum atomic E-state index is 0.00779. The van der Waals surface area contributed by atoms with E-state index < -0.39 is 0 Å². The fraction of sp³-hybridized carbons (Fsp3) is 0.400. The summed E-state index contributed by atoms with van der Waals surface area (Å²) in [5.41, 5.74) is 3.82. The molecule has 0 unspecified atom stereocenters. The molecule has 1 amide bonds. The average Bonchev–Trinajstić information content (AvgIpc) is 2.90.